The second-order valence-electron chi connectivity index (χ2n) is 5.92. The van der Waals surface area contributed by atoms with Crippen molar-refractivity contribution >= 4 is 55.8 Å². The van der Waals surface area contributed by atoms with E-state index in [0.29, 0.717) is 10.9 Å². The van der Waals surface area contributed by atoms with Crippen molar-refractivity contribution in [1.82, 2.24) is 10.3 Å². The molecule has 0 fully saturated rings. The van der Waals surface area contributed by atoms with Crippen molar-refractivity contribution in [3.8, 4) is 0 Å². The van der Waals surface area contributed by atoms with Crippen molar-refractivity contribution in [2.45, 2.75) is 25.9 Å². The van der Waals surface area contributed by atoms with Gasteiger partial charge in [0.2, 0.25) is 0 Å². The Morgan fingerprint density at radius 2 is 2.15 bits per heavy atom. The van der Waals surface area contributed by atoms with E-state index in [1.165, 1.54) is 0 Å². The number of amidine groups is 1. The zero-order valence-corrected chi connectivity index (χ0v) is 17.3. The zero-order valence-electron chi connectivity index (χ0n) is 14.1. The van der Waals surface area contributed by atoms with Gasteiger partial charge in [-0.3, -0.25) is 15.1 Å². The molecule has 3 heterocycles. The highest BCUT2D eigenvalue weighted by Gasteiger charge is 2.34. The van der Waals surface area contributed by atoms with Crippen molar-refractivity contribution in [3.63, 3.8) is 0 Å². The number of para-hydroxylation sites is 1. The van der Waals surface area contributed by atoms with Gasteiger partial charge in [-0.2, -0.15) is 0 Å². The first-order valence-corrected chi connectivity index (χ1v) is 11.0. The molecule has 0 bridgehead atoms. The molecule has 0 aliphatic carbocycles. The fourth-order valence-corrected chi connectivity index (χ4v) is 5.24. The average molecular weight is 449 g/mol. The number of thioether (sulfide) groups is 1. The number of carbonyl (C=O) groups is 1. The van der Waals surface area contributed by atoms with Gasteiger partial charge in [0, 0.05) is 11.0 Å². The Morgan fingerprint density at radius 3 is 2.92 bits per heavy atom. The van der Waals surface area contributed by atoms with Crippen molar-refractivity contribution in [3.05, 3.63) is 55.6 Å². The molecule has 5 nitrogen and oxygen atoms in total. The Morgan fingerprint density at radius 1 is 1.31 bits per heavy atom. The lowest BCUT2D eigenvalue weighted by Crippen LogP contribution is -2.50. The Labute approximate surface area is 168 Å². The average Bonchev–Trinajstić information content (AvgIpc) is 3.07. The molecule has 0 saturated heterocycles. The van der Waals surface area contributed by atoms with Crippen molar-refractivity contribution < 1.29 is 4.79 Å². The Hall–Kier alpha value is -1.64. The highest BCUT2D eigenvalue weighted by atomic mass is 79.9. The van der Waals surface area contributed by atoms with Crippen molar-refractivity contribution in [1.29, 1.82) is 0 Å². The van der Waals surface area contributed by atoms with E-state index in [2.05, 4.69) is 28.2 Å². The van der Waals surface area contributed by atoms with Gasteiger partial charge in [-0.15, -0.1) is 16.4 Å². The first-order chi connectivity index (χ1) is 12.7. The minimum absolute atomic E-state index is 0.123. The molecule has 4 rings (SSSR count). The van der Waals surface area contributed by atoms with Crippen LogP contribution < -0.4 is 15.9 Å². The summed E-state index contributed by atoms with van der Waals surface area (Å²) in [7, 11) is 0. The first kappa shape index (κ1) is 17.8. The molecule has 0 unspecified atom stereocenters. The number of carbonyl (C=O) groups excluding carboxylic acids is 1. The molecule has 1 amide bonds. The van der Waals surface area contributed by atoms with Gasteiger partial charge in [0.15, 0.2) is 11.3 Å². The molecule has 0 saturated carbocycles. The largest absolute Gasteiger partial charge is 0.298 e. The summed E-state index contributed by atoms with van der Waals surface area (Å²) < 4.78 is 1.03. The van der Waals surface area contributed by atoms with Crippen LogP contribution in [-0.2, 0) is 4.79 Å². The maximum atomic E-state index is 12.9. The second kappa shape index (κ2) is 7.54. The molecule has 1 aromatic heterocycles. The van der Waals surface area contributed by atoms with Gasteiger partial charge in [-0.05, 0) is 40.5 Å². The number of amides is 1. The SMILES string of the molecule is CCCCSC1=NN2C(=c3ccccc3=N[C@H]2c2ccc(Br)s2)C(=O)N1. The van der Waals surface area contributed by atoms with E-state index in [1.807, 2.05) is 36.4 Å². The highest BCUT2D eigenvalue weighted by Crippen LogP contribution is 2.35. The van der Waals surface area contributed by atoms with Gasteiger partial charge in [0.05, 0.1) is 14.0 Å². The molecular weight excluding hydrogens is 432 g/mol. The number of hydrogen-bond acceptors (Lipinski definition) is 6. The minimum atomic E-state index is -0.330. The van der Waals surface area contributed by atoms with Crippen LogP contribution in [0.15, 0.2) is 50.3 Å². The highest BCUT2D eigenvalue weighted by molar-refractivity contribution is 9.11. The smallest absolute Gasteiger partial charge is 0.276 e. The van der Waals surface area contributed by atoms with E-state index in [1.54, 1.807) is 28.1 Å². The molecule has 2 aromatic rings. The van der Waals surface area contributed by atoms with Gasteiger partial charge in [-0.25, -0.2) is 5.01 Å². The number of nitrogens with zero attached hydrogens (tertiary/aromatic N) is 3. The van der Waals surface area contributed by atoms with E-state index in [-0.39, 0.29) is 12.1 Å². The lowest BCUT2D eigenvalue weighted by atomic mass is 10.1. The molecule has 8 heteroatoms. The van der Waals surface area contributed by atoms with Gasteiger partial charge in [-0.1, -0.05) is 43.3 Å². The van der Waals surface area contributed by atoms with Crippen LogP contribution in [0.25, 0.3) is 5.70 Å². The van der Waals surface area contributed by atoms with E-state index < -0.39 is 0 Å². The van der Waals surface area contributed by atoms with Crippen molar-refractivity contribution in [2.75, 3.05) is 5.75 Å². The third kappa shape index (κ3) is 3.33. The molecule has 0 spiro atoms. The van der Waals surface area contributed by atoms with E-state index in [4.69, 9.17) is 10.1 Å². The fraction of sp³-hybridized carbons (Fsp3) is 0.278. The van der Waals surface area contributed by atoms with Gasteiger partial charge >= 0.3 is 0 Å². The Kier molecular flexibility index (Phi) is 5.15. The number of rotatable bonds is 4. The summed E-state index contributed by atoms with van der Waals surface area (Å²) in [6.07, 6.45) is 1.87. The van der Waals surface area contributed by atoms with E-state index in [9.17, 15) is 4.79 Å². The molecule has 1 N–H and O–H groups in total. The Bertz CT molecular complexity index is 1000. The molecule has 1 atom stereocenters. The summed E-state index contributed by atoms with van der Waals surface area (Å²) in [5.41, 5.74) is 0.560. The second-order valence-corrected chi connectivity index (χ2v) is 9.49. The third-order valence-corrected chi connectivity index (χ3v) is 6.71. The molecule has 134 valence electrons. The maximum absolute atomic E-state index is 12.9. The van der Waals surface area contributed by atoms with Crippen LogP contribution in [0.3, 0.4) is 0 Å². The third-order valence-electron chi connectivity index (χ3n) is 4.10. The zero-order chi connectivity index (χ0) is 18.1. The number of fused-ring (bicyclic) bond motifs is 2. The normalized spacial score (nSPS) is 18.6. The van der Waals surface area contributed by atoms with Crippen LogP contribution in [0, 0.1) is 0 Å². The Balaban J connectivity index is 1.83. The van der Waals surface area contributed by atoms with Crippen LogP contribution >= 0.6 is 39.0 Å². The maximum Gasteiger partial charge on any atom is 0.276 e. The molecule has 2 aliphatic rings. The minimum Gasteiger partial charge on any atom is -0.298 e. The fourth-order valence-electron chi connectivity index (χ4n) is 2.86. The van der Waals surface area contributed by atoms with Gasteiger partial charge in [0.25, 0.3) is 5.91 Å². The number of halogens is 1. The molecule has 26 heavy (non-hydrogen) atoms. The van der Waals surface area contributed by atoms with Crippen LogP contribution in [0.5, 0.6) is 0 Å². The number of benzene rings is 1. The summed E-state index contributed by atoms with van der Waals surface area (Å²) in [6, 6.07) is 11.8. The quantitative estimate of drug-likeness (QED) is 0.730. The van der Waals surface area contributed by atoms with E-state index >= 15 is 0 Å². The number of nitrogens with one attached hydrogen (secondary N) is 1. The summed E-state index contributed by atoms with van der Waals surface area (Å²) >= 11 is 6.71. The van der Waals surface area contributed by atoms with Gasteiger partial charge < -0.3 is 0 Å². The predicted octanol–water partition coefficient (Wildman–Crippen LogP) is 3.19. The number of hydrazone groups is 1. The summed E-state index contributed by atoms with van der Waals surface area (Å²) in [4.78, 5) is 18.8. The van der Waals surface area contributed by atoms with Crippen molar-refractivity contribution in [2.24, 2.45) is 10.1 Å². The molecule has 0 radical (unpaired) electrons. The van der Waals surface area contributed by atoms with Crippen LogP contribution in [0.4, 0.5) is 0 Å². The predicted molar refractivity (Wildman–Crippen MR) is 110 cm³/mol. The summed E-state index contributed by atoms with van der Waals surface area (Å²) in [5.74, 6) is 0.809. The molecule has 1 aromatic carbocycles. The van der Waals surface area contributed by atoms with Crippen LogP contribution in [0.1, 0.15) is 30.8 Å². The lowest BCUT2D eigenvalue weighted by Gasteiger charge is -2.33. The van der Waals surface area contributed by atoms with Crippen LogP contribution in [-0.4, -0.2) is 21.8 Å². The van der Waals surface area contributed by atoms with Gasteiger partial charge in [0.1, 0.15) is 5.70 Å². The monoisotopic (exact) mass is 448 g/mol. The molecule has 2 aliphatic heterocycles. The first-order valence-electron chi connectivity index (χ1n) is 8.42. The topological polar surface area (TPSA) is 57.1 Å². The molecular formula is C18H17BrN4OS2. The van der Waals surface area contributed by atoms with Crippen LogP contribution in [0.2, 0.25) is 0 Å². The number of hydrogen-bond donors (Lipinski definition) is 1. The summed E-state index contributed by atoms with van der Waals surface area (Å²) in [6.45, 7) is 2.15. The lowest BCUT2D eigenvalue weighted by molar-refractivity contribution is -0.116. The number of unbranched alkanes of at least 4 members (excludes halogenated alkanes) is 1. The van der Waals surface area contributed by atoms with E-state index in [0.717, 1.165) is 37.8 Å². The summed E-state index contributed by atoms with van der Waals surface area (Å²) in [5, 5.41) is 11.7. The standard InChI is InChI=1S/C18H17BrN4OS2/c1-2-3-10-25-18-21-17(24)15-11-6-4-5-7-12(11)20-16(23(15)22-18)13-8-9-14(19)26-13/h4-9,16H,2-3,10H2,1H3,(H,21,22,24)/t16-/m1/s1. The number of thiophene rings is 1.